The van der Waals surface area contributed by atoms with Crippen LogP contribution >= 0.6 is 0 Å². The molecular formula is C15H27N3O2. The van der Waals surface area contributed by atoms with Crippen molar-refractivity contribution in [3.05, 3.63) is 0 Å². The predicted molar refractivity (Wildman–Crippen MR) is 78.2 cm³/mol. The molecule has 1 aliphatic carbocycles. The number of amides is 2. The second-order valence-electron chi connectivity index (χ2n) is 6.39. The lowest BCUT2D eigenvalue weighted by atomic mass is 10.0. The molecule has 1 unspecified atom stereocenters. The van der Waals surface area contributed by atoms with Crippen molar-refractivity contribution in [3.8, 4) is 0 Å². The van der Waals surface area contributed by atoms with E-state index < -0.39 is 0 Å². The zero-order valence-corrected chi connectivity index (χ0v) is 13.0. The van der Waals surface area contributed by atoms with E-state index in [1.807, 2.05) is 28.8 Å². The van der Waals surface area contributed by atoms with E-state index in [0.717, 1.165) is 6.54 Å². The summed E-state index contributed by atoms with van der Waals surface area (Å²) < 4.78 is 0. The predicted octanol–water partition coefficient (Wildman–Crippen LogP) is 0.655. The molecule has 1 aliphatic heterocycles. The molecule has 0 N–H and O–H groups in total. The van der Waals surface area contributed by atoms with Crippen LogP contribution < -0.4 is 0 Å². The fraction of sp³-hybridized carbons (Fsp3) is 0.867. The van der Waals surface area contributed by atoms with Crippen LogP contribution in [0.2, 0.25) is 0 Å². The first-order valence-electron chi connectivity index (χ1n) is 7.70. The Hall–Kier alpha value is -1.10. The van der Waals surface area contributed by atoms with Crippen LogP contribution in [0.5, 0.6) is 0 Å². The van der Waals surface area contributed by atoms with Gasteiger partial charge in [-0.05, 0) is 32.9 Å². The summed E-state index contributed by atoms with van der Waals surface area (Å²) in [6.07, 6.45) is 2.98. The average molecular weight is 281 g/mol. The van der Waals surface area contributed by atoms with Gasteiger partial charge in [-0.1, -0.05) is 6.92 Å². The van der Waals surface area contributed by atoms with E-state index in [0.29, 0.717) is 38.5 Å². The highest BCUT2D eigenvalue weighted by Crippen LogP contribution is 2.37. The van der Waals surface area contributed by atoms with Crippen molar-refractivity contribution >= 4 is 11.8 Å². The Bertz CT molecular complexity index is 358. The Balaban J connectivity index is 1.74. The summed E-state index contributed by atoms with van der Waals surface area (Å²) in [4.78, 5) is 30.2. The zero-order chi connectivity index (χ0) is 14.7. The molecule has 1 saturated carbocycles. The number of piperazine rings is 1. The van der Waals surface area contributed by atoms with Gasteiger partial charge in [0.1, 0.15) is 0 Å². The van der Waals surface area contributed by atoms with Gasteiger partial charge in [-0.25, -0.2) is 0 Å². The molecule has 2 rings (SSSR count). The molecule has 2 amide bonds. The standard InChI is InChI=1S/C15H27N3O2/c1-12(13-4-5-13)15(20)18-10-8-17(9-11-18)14(19)6-7-16(2)3/h12-13H,4-11H2,1-3H3. The zero-order valence-electron chi connectivity index (χ0n) is 13.0. The Morgan fingerprint density at radius 3 is 2.15 bits per heavy atom. The third kappa shape index (κ3) is 3.95. The number of carbonyl (C=O) groups excluding carboxylic acids is 2. The first kappa shape index (κ1) is 15.3. The van der Waals surface area contributed by atoms with Crippen LogP contribution in [0.4, 0.5) is 0 Å². The summed E-state index contributed by atoms with van der Waals surface area (Å²) in [6.45, 7) is 5.61. The number of rotatable bonds is 5. The highest BCUT2D eigenvalue weighted by atomic mass is 16.2. The van der Waals surface area contributed by atoms with Crippen molar-refractivity contribution in [2.24, 2.45) is 11.8 Å². The molecule has 0 aromatic carbocycles. The van der Waals surface area contributed by atoms with Crippen LogP contribution in [0.1, 0.15) is 26.2 Å². The SMILES string of the molecule is CC(C(=O)N1CCN(C(=O)CCN(C)C)CC1)C1CC1. The first-order valence-corrected chi connectivity index (χ1v) is 7.70. The second-order valence-corrected chi connectivity index (χ2v) is 6.39. The van der Waals surface area contributed by atoms with Crippen LogP contribution in [0.15, 0.2) is 0 Å². The summed E-state index contributed by atoms with van der Waals surface area (Å²) in [7, 11) is 3.95. The average Bonchev–Trinajstić information content (AvgIpc) is 3.28. The van der Waals surface area contributed by atoms with Gasteiger partial charge in [0.15, 0.2) is 0 Å². The van der Waals surface area contributed by atoms with Gasteiger partial charge >= 0.3 is 0 Å². The van der Waals surface area contributed by atoms with Gasteiger partial charge in [0.05, 0.1) is 0 Å². The van der Waals surface area contributed by atoms with Crippen LogP contribution in [0.25, 0.3) is 0 Å². The Morgan fingerprint density at radius 2 is 1.65 bits per heavy atom. The fourth-order valence-electron chi connectivity index (χ4n) is 2.74. The Labute approximate surface area is 121 Å². The van der Waals surface area contributed by atoms with E-state index in [2.05, 4.69) is 6.92 Å². The monoisotopic (exact) mass is 281 g/mol. The maximum absolute atomic E-state index is 12.3. The van der Waals surface area contributed by atoms with Gasteiger partial charge in [-0.15, -0.1) is 0 Å². The second kappa shape index (κ2) is 6.57. The summed E-state index contributed by atoms with van der Waals surface area (Å²) in [5, 5.41) is 0. The minimum Gasteiger partial charge on any atom is -0.339 e. The lowest BCUT2D eigenvalue weighted by molar-refractivity contribution is -0.142. The summed E-state index contributed by atoms with van der Waals surface area (Å²) in [5.74, 6) is 1.28. The van der Waals surface area contributed by atoms with Gasteiger partial charge in [0.2, 0.25) is 11.8 Å². The molecule has 0 aromatic heterocycles. The van der Waals surface area contributed by atoms with Crippen molar-refractivity contribution in [2.75, 3.05) is 46.8 Å². The smallest absolute Gasteiger partial charge is 0.225 e. The van der Waals surface area contributed by atoms with E-state index in [-0.39, 0.29) is 17.7 Å². The molecule has 0 spiro atoms. The van der Waals surface area contributed by atoms with Gasteiger partial charge in [0, 0.05) is 45.1 Å². The summed E-state index contributed by atoms with van der Waals surface area (Å²) in [6, 6.07) is 0. The van der Waals surface area contributed by atoms with E-state index in [1.165, 1.54) is 12.8 Å². The van der Waals surface area contributed by atoms with Crippen molar-refractivity contribution in [1.29, 1.82) is 0 Å². The topological polar surface area (TPSA) is 43.9 Å². The van der Waals surface area contributed by atoms with Crippen molar-refractivity contribution in [2.45, 2.75) is 26.2 Å². The molecule has 20 heavy (non-hydrogen) atoms. The van der Waals surface area contributed by atoms with Crippen molar-refractivity contribution in [3.63, 3.8) is 0 Å². The summed E-state index contributed by atoms with van der Waals surface area (Å²) in [5.41, 5.74) is 0. The molecule has 5 heteroatoms. The molecule has 5 nitrogen and oxygen atoms in total. The highest BCUT2D eigenvalue weighted by molar-refractivity contribution is 5.80. The number of carbonyl (C=O) groups is 2. The van der Waals surface area contributed by atoms with Crippen LogP contribution in [-0.2, 0) is 9.59 Å². The molecule has 1 heterocycles. The van der Waals surface area contributed by atoms with Gasteiger partial charge in [-0.2, -0.15) is 0 Å². The first-order chi connectivity index (χ1) is 9.49. The molecule has 0 radical (unpaired) electrons. The summed E-state index contributed by atoms with van der Waals surface area (Å²) >= 11 is 0. The van der Waals surface area contributed by atoms with Crippen molar-refractivity contribution in [1.82, 2.24) is 14.7 Å². The van der Waals surface area contributed by atoms with E-state index >= 15 is 0 Å². The van der Waals surface area contributed by atoms with E-state index in [4.69, 9.17) is 0 Å². The Morgan fingerprint density at radius 1 is 1.10 bits per heavy atom. The minimum absolute atomic E-state index is 0.172. The van der Waals surface area contributed by atoms with Gasteiger partial charge in [0.25, 0.3) is 0 Å². The van der Waals surface area contributed by atoms with Gasteiger partial charge < -0.3 is 14.7 Å². The van der Waals surface area contributed by atoms with Crippen LogP contribution in [0.3, 0.4) is 0 Å². The minimum atomic E-state index is 0.172. The van der Waals surface area contributed by atoms with Crippen LogP contribution in [0, 0.1) is 11.8 Å². The lowest BCUT2D eigenvalue weighted by Gasteiger charge is -2.36. The molecule has 2 aliphatic rings. The van der Waals surface area contributed by atoms with Crippen molar-refractivity contribution < 1.29 is 9.59 Å². The largest absolute Gasteiger partial charge is 0.339 e. The molecule has 0 bridgehead atoms. The quantitative estimate of drug-likeness (QED) is 0.743. The maximum atomic E-state index is 12.3. The normalized spacial score (nSPS) is 21.2. The number of hydrogen-bond donors (Lipinski definition) is 0. The Kier molecular flexibility index (Phi) is 5.02. The maximum Gasteiger partial charge on any atom is 0.225 e. The number of nitrogens with zero attached hydrogens (tertiary/aromatic N) is 3. The lowest BCUT2D eigenvalue weighted by Crippen LogP contribution is -2.52. The van der Waals surface area contributed by atoms with Gasteiger partial charge in [-0.3, -0.25) is 9.59 Å². The molecule has 2 fully saturated rings. The molecule has 0 aromatic rings. The van der Waals surface area contributed by atoms with E-state index in [9.17, 15) is 9.59 Å². The molecular weight excluding hydrogens is 254 g/mol. The van der Waals surface area contributed by atoms with Crippen LogP contribution in [-0.4, -0.2) is 73.3 Å². The third-order valence-corrected chi connectivity index (χ3v) is 4.44. The van der Waals surface area contributed by atoms with E-state index in [1.54, 1.807) is 0 Å². The molecule has 1 saturated heterocycles. The fourth-order valence-corrected chi connectivity index (χ4v) is 2.74. The highest BCUT2D eigenvalue weighted by Gasteiger charge is 2.36. The third-order valence-electron chi connectivity index (χ3n) is 4.44. The number of hydrogen-bond acceptors (Lipinski definition) is 3. The molecule has 114 valence electrons. The molecule has 1 atom stereocenters.